The van der Waals surface area contributed by atoms with E-state index in [0.29, 0.717) is 4.90 Å². The van der Waals surface area contributed by atoms with Gasteiger partial charge in [0.2, 0.25) is 5.91 Å². The number of halogens is 1. The fourth-order valence-electron chi connectivity index (χ4n) is 2.98. The highest BCUT2D eigenvalue weighted by atomic mass is 32.2. The average molecular weight is 329 g/mol. The Kier molecular flexibility index (Phi) is 5.01. The van der Waals surface area contributed by atoms with Gasteiger partial charge < -0.3 is 5.32 Å². The maximum absolute atomic E-state index is 13.7. The SMILES string of the molecule is C[C@@H](Sc1ccccc1F)C(=O)N[C@@H]1CCCc2ccccc21. The number of aryl methyl sites for hydroxylation is 1. The summed E-state index contributed by atoms with van der Waals surface area (Å²) in [5.41, 5.74) is 2.54. The van der Waals surface area contributed by atoms with E-state index in [9.17, 15) is 9.18 Å². The maximum Gasteiger partial charge on any atom is 0.233 e. The van der Waals surface area contributed by atoms with Crippen LogP contribution in [0.2, 0.25) is 0 Å². The fraction of sp³-hybridized carbons (Fsp3) is 0.316. The Morgan fingerprint density at radius 2 is 1.96 bits per heavy atom. The van der Waals surface area contributed by atoms with Gasteiger partial charge in [-0.05, 0) is 49.4 Å². The molecule has 2 aromatic rings. The zero-order valence-electron chi connectivity index (χ0n) is 13.1. The van der Waals surface area contributed by atoms with Crippen LogP contribution < -0.4 is 5.32 Å². The minimum atomic E-state index is -0.332. The van der Waals surface area contributed by atoms with Crippen LogP contribution in [-0.4, -0.2) is 11.2 Å². The normalized spacial score (nSPS) is 18.1. The van der Waals surface area contributed by atoms with Crippen molar-refractivity contribution >= 4 is 17.7 Å². The van der Waals surface area contributed by atoms with Gasteiger partial charge in [0.1, 0.15) is 5.82 Å². The van der Waals surface area contributed by atoms with Crippen LogP contribution in [0.3, 0.4) is 0 Å². The number of thioether (sulfide) groups is 1. The first-order valence-corrected chi connectivity index (χ1v) is 8.82. The molecule has 0 aromatic heterocycles. The lowest BCUT2D eigenvalue weighted by Gasteiger charge is -2.27. The Morgan fingerprint density at radius 3 is 2.78 bits per heavy atom. The number of benzene rings is 2. The molecule has 0 aliphatic heterocycles. The molecule has 4 heteroatoms. The number of amides is 1. The highest BCUT2D eigenvalue weighted by Gasteiger charge is 2.24. The van der Waals surface area contributed by atoms with E-state index in [1.807, 2.05) is 19.1 Å². The Bertz CT molecular complexity index is 703. The summed E-state index contributed by atoms with van der Waals surface area (Å²) in [6.07, 6.45) is 3.11. The van der Waals surface area contributed by atoms with Crippen molar-refractivity contribution in [2.24, 2.45) is 0 Å². The molecule has 0 fully saturated rings. The van der Waals surface area contributed by atoms with E-state index >= 15 is 0 Å². The van der Waals surface area contributed by atoms with Crippen LogP contribution in [0, 0.1) is 5.82 Å². The van der Waals surface area contributed by atoms with E-state index in [1.54, 1.807) is 18.2 Å². The number of nitrogens with one attached hydrogen (secondary N) is 1. The molecule has 0 spiro atoms. The summed E-state index contributed by atoms with van der Waals surface area (Å²) >= 11 is 1.26. The third-order valence-corrected chi connectivity index (χ3v) is 5.35. The van der Waals surface area contributed by atoms with E-state index in [4.69, 9.17) is 0 Å². The minimum Gasteiger partial charge on any atom is -0.348 e. The highest BCUT2D eigenvalue weighted by molar-refractivity contribution is 8.00. The van der Waals surface area contributed by atoms with Gasteiger partial charge in [0, 0.05) is 4.90 Å². The lowest BCUT2D eigenvalue weighted by molar-refractivity contribution is -0.121. The van der Waals surface area contributed by atoms with Gasteiger partial charge in [-0.2, -0.15) is 0 Å². The maximum atomic E-state index is 13.7. The Labute approximate surface area is 140 Å². The van der Waals surface area contributed by atoms with Crippen LogP contribution in [0.4, 0.5) is 4.39 Å². The molecule has 23 heavy (non-hydrogen) atoms. The van der Waals surface area contributed by atoms with Crippen LogP contribution in [0.5, 0.6) is 0 Å². The van der Waals surface area contributed by atoms with Gasteiger partial charge in [0.15, 0.2) is 0 Å². The van der Waals surface area contributed by atoms with Crippen molar-refractivity contribution < 1.29 is 9.18 Å². The van der Waals surface area contributed by atoms with Crippen LogP contribution >= 0.6 is 11.8 Å². The molecule has 2 atom stereocenters. The quantitative estimate of drug-likeness (QED) is 0.837. The lowest BCUT2D eigenvalue weighted by Crippen LogP contribution is -2.35. The standard InChI is InChI=1S/C19H20FNOS/c1-13(23-18-12-5-4-10-16(18)20)19(22)21-17-11-6-8-14-7-2-3-9-15(14)17/h2-5,7,9-10,12-13,17H,6,8,11H2,1H3,(H,21,22)/t13-,17-/m1/s1. The molecule has 0 saturated heterocycles. The van der Waals surface area contributed by atoms with Crippen molar-refractivity contribution in [1.29, 1.82) is 0 Å². The predicted molar refractivity (Wildman–Crippen MR) is 92.0 cm³/mol. The number of hydrogen-bond acceptors (Lipinski definition) is 2. The molecule has 0 bridgehead atoms. The molecule has 2 nitrogen and oxygen atoms in total. The monoisotopic (exact) mass is 329 g/mol. The summed E-state index contributed by atoms with van der Waals surface area (Å²) in [7, 11) is 0. The smallest absolute Gasteiger partial charge is 0.233 e. The number of rotatable bonds is 4. The molecule has 0 radical (unpaired) electrons. The number of hydrogen-bond donors (Lipinski definition) is 1. The molecule has 1 aliphatic rings. The minimum absolute atomic E-state index is 0.0417. The second-order valence-electron chi connectivity index (χ2n) is 5.84. The van der Waals surface area contributed by atoms with Gasteiger partial charge >= 0.3 is 0 Å². The molecule has 1 amide bonds. The summed E-state index contributed by atoms with van der Waals surface area (Å²) < 4.78 is 13.7. The second kappa shape index (κ2) is 7.18. The molecule has 0 heterocycles. The van der Waals surface area contributed by atoms with Crippen LogP contribution in [-0.2, 0) is 11.2 Å². The first kappa shape index (κ1) is 16.1. The fourth-order valence-corrected chi connectivity index (χ4v) is 3.87. The van der Waals surface area contributed by atoms with E-state index < -0.39 is 0 Å². The number of carbonyl (C=O) groups excluding carboxylic acids is 1. The predicted octanol–water partition coefficient (Wildman–Crippen LogP) is 4.50. The van der Waals surface area contributed by atoms with Crippen LogP contribution in [0.25, 0.3) is 0 Å². The van der Waals surface area contributed by atoms with Crippen molar-refractivity contribution in [3.8, 4) is 0 Å². The number of fused-ring (bicyclic) bond motifs is 1. The zero-order chi connectivity index (χ0) is 16.2. The highest BCUT2D eigenvalue weighted by Crippen LogP contribution is 2.31. The number of carbonyl (C=O) groups is 1. The van der Waals surface area contributed by atoms with Crippen molar-refractivity contribution in [2.75, 3.05) is 0 Å². The topological polar surface area (TPSA) is 29.1 Å². The van der Waals surface area contributed by atoms with Crippen molar-refractivity contribution in [3.63, 3.8) is 0 Å². The largest absolute Gasteiger partial charge is 0.348 e. The molecule has 3 rings (SSSR count). The molecule has 0 unspecified atom stereocenters. The van der Waals surface area contributed by atoms with E-state index in [0.717, 1.165) is 19.3 Å². The van der Waals surface area contributed by atoms with Gasteiger partial charge in [-0.1, -0.05) is 36.4 Å². The summed E-state index contributed by atoms with van der Waals surface area (Å²) in [4.78, 5) is 13.0. The van der Waals surface area contributed by atoms with Crippen molar-refractivity contribution in [2.45, 2.75) is 42.4 Å². The second-order valence-corrected chi connectivity index (χ2v) is 7.23. The Balaban J connectivity index is 1.67. The molecular weight excluding hydrogens is 309 g/mol. The Morgan fingerprint density at radius 1 is 1.22 bits per heavy atom. The van der Waals surface area contributed by atoms with Crippen molar-refractivity contribution in [3.05, 3.63) is 65.5 Å². The van der Waals surface area contributed by atoms with Crippen LogP contribution in [0.15, 0.2) is 53.4 Å². The van der Waals surface area contributed by atoms with Gasteiger partial charge in [-0.15, -0.1) is 11.8 Å². The third-order valence-electron chi connectivity index (χ3n) is 4.20. The molecule has 0 saturated carbocycles. The molecule has 120 valence electrons. The van der Waals surface area contributed by atoms with Crippen molar-refractivity contribution in [1.82, 2.24) is 5.32 Å². The van der Waals surface area contributed by atoms with Gasteiger partial charge in [0.05, 0.1) is 11.3 Å². The molecule has 2 aromatic carbocycles. The lowest BCUT2D eigenvalue weighted by atomic mass is 9.88. The van der Waals surface area contributed by atoms with E-state index in [1.165, 1.54) is 29.0 Å². The zero-order valence-corrected chi connectivity index (χ0v) is 13.9. The summed E-state index contributed by atoms with van der Waals surface area (Å²) in [5, 5.41) is 2.80. The Hall–Kier alpha value is -1.81. The summed E-state index contributed by atoms with van der Waals surface area (Å²) in [6, 6.07) is 14.9. The third kappa shape index (κ3) is 3.75. The van der Waals surface area contributed by atoms with Crippen LogP contribution in [0.1, 0.15) is 36.9 Å². The average Bonchev–Trinajstić information content (AvgIpc) is 2.57. The first-order chi connectivity index (χ1) is 11.1. The first-order valence-electron chi connectivity index (χ1n) is 7.94. The van der Waals surface area contributed by atoms with Gasteiger partial charge in [-0.25, -0.2) is 4.39 Å². The summed E-state index contributed by atoms with van der Waals surface area (Å²) in [6.45, 7) is 1.82. The molecule has 1 aliphatic carbocycles. The van der Waals surface area contributed by atoms with Gasteiger partial charge in [0.25, 0.3) is 0 Å². The molecular formula is C19H20FNOS. The van der Waals surface area contributed by atoms with E-state index in [2.05, 4.69) is 17.4 Å². The van der Waals surface area contributed by atoms with Gasteiger partial charge in [-0.3, -0.25) is 4.79 Å². The summed E-state index contributed by atoms with van der Waals surface area (Å²) in [5.74, 6) is -0.319. The molecule has 1 N–H and O–H groups in total. The van der Waals surface area contributed by atoms with E-state index in [-0.39, 0.29) is 23.0 Å².